The third-order valence-electron chi connectivity index (χ3n) is 4.61. The van der Waals surface area contributed by atoms with Gasteiger partial charge in [-0.3, -0.25) is 4.79 Å². The Morgan fingerprint density at radius 3 is 2.62 bits per heavy atom. The number of carbonyl (C=O) groups excluding carboxylic acids is 1. The second-order valence-electron chi connectivity index (χ2n) is 6.23. The molecule has 3 rings (SSSR count). The van der Waals surface area contributed by atoms with E-state index < -0.39 is 23.2 Å². The number of benzene rings is 1. The van der Waals surface area contributed by atoms with Crippen LogP contribution < -0.4 is 5.32 Å². The number of aromatic nitrogens is 2. The Labute approximate surface area is 152 Å². The van der Waals surface area contributed by atoms with Crippen LogP contribution in [0.25, 0.3) is 0 Å². The predicted molar refractivity (Wildman–Crippen MR) is 88.6 cm³/mol. The summed E-state index contributed by atoms with van der Waals surface area (Å²) >= 11 is 5.91. The van der Waals surface area contributed by atoms with Gasteiger partial charge in [-0.1, -0.05) is 11.6 Å². The standard InChI is InChI=1S/C17H14ClF3N4O/c1-10-9-23-25(14(10)8-22)16(5-2-6-16)15(26)24-13-4-3-11(7-12(13)18)17(19,20)21/h3-4,7,9H,2,5-6H2,1H3,(H,24,26). The van der Waals surface area contributed by atoms with Gasteiger partial charge in [0.25, 0.3) is 5.91 Å². The number of nitriles is 1. The summed E-state index contributed by atoms with van der Waals surface area (Å²) in [6, 6.07) is 4.78. The fourth-order valence-corrected chi connectivity index (χ4v) is 3.20. The fourth-order valence-electron chi connectivity index (χ4n) is 2.97. The van der Waals surface area contributed by atoms with Crippen LogP contribution in [0, 0.1) is 18.3 Å². The third kappa shape index (κ3) is 2.92. The van der Waals surface area contributed by atoms with Crippen LogP contribution in [0.2, 0.25) is 5.02 Å². The van der Waals surface area contributed by atoms with Gasteiger partial charge in [0.05, 0.1) is 22.5 Å². The Bertz CT molecular complexity index is 910. The maximum atomic E-state index is 12.9. The summed E-state index contributed by atoms with van der Waals surface area (Å²) in [4.78, 5) is 12.9. The lowest BCUT2D eigenvalue weighted by atomic mass is 9.75. The van der Waals surface area contributed by atoms with Crippen molar-refractivity contribution in [1.29, 1.82) is 5.26 Å². The third-order valence-corrected chi connectivity index (χ3v) is 4.92. The molecule has 0 saturated heterocycles. The van der Waals surface area contributed by atoms with Crippen LogP contribution in [-0.4, -0.2) is 15.7 Å². The lowest BCUT2D eigenvalue weighted by Crippen LogP contribution is -2.52. The number of carbonyl (C=O) groups is 1. The van der Waals surface area contributed by atoms with Gasteiger partial charge in [0.2, 0.25) is 0 Å². The summed E-state index contributed by atoms with van der Waals surface area (Å²) in [5, 5.41) is 15.9. The number of aryl methyl sites for hydroxylation is 1. The van der Waals surface area contributed by atoms with Gasteiger partial charge < -0.3 is 5.32 Å². The van der Waals surface area contributed by atoms with Crippen LogP contribution in [0.4, 0.5) is 18.9 Å². The number of hydrogen-bond acceptors (Lipinski definition) is 3. The highest BCUT2D eigenvalue weighted by atomic mass is 35.5. The molecule has 0 aliphatic heterocycles. The van der Waals surface area contributed by atoms with Crippen molar-refractivity contribution < 1.29 is 18.0 Å². The summed E-state index contributed by atoms with van der Waals surface area (Å²) in [7, 11) is 0. The molecule has 0 atom stereocenters. The first kappa shape index (κ1) is 18.3. The van der Waals surface area contributed by atoms with Crippen LogP contribution in [0.5, 0.6) is 0 Å². The first-order valence-electron chi connectivity index (χ1n) is 7.82. The molecule has 1 aromatic heterocycles. The molecule has 1 aliphatic carbocycles. The van der Waals surface area contributed by atoms with Gasteiger partial charge >= 0.3 is 6.18 Å². The molecule has 1 aromatic carbocycles. The smallest absolute Gasteiger partial charge is 0.323 e. The lowest BCUT2D eigenvalue weighted by molar-refractivity contribution is -0.137. The molecule has 9 heteroatoms. The minimum absolute atomic E-state index is 0.0818. The molecule has 1 aliphatic rings. The minimum Gasteiger partial charge on any atom is -0.323 e. The quantitative estimate of drug-likeness (QED) is 0.862. The molecular formula is C17H14ClF3N4O. The van der Waals surface area contributed by atoms with Crippen molar-refractivity contribution in [2.24, 2.45) is 0 Å². The van der Waals surface area contributed by atoms with Crippen LogP contribution in [0.1, 0.15) is 36.1 Å². The van der Waals surface area contributed by atoms with E-state index in [0.29, 0.717) is 24.1 Å². The normalized spacial score (nSPS) is 15.8. The highest BCUT2D eigenvalue weighted by molar-refractivity contribution is 6.33. The maximum absolute atomic E-state index is 12.9. The van der Waals surface area contributed by atoms with Crippen LogP contribution >= 0.6 is 11.6 Å². The number of anilines is 1. The summed E-state index contributed by atoms with van der Waals surface area (Å²) in [6.07, 6.45) is -1.27. The van der Waals surface area contributed by atoms with Crippen LogP contribution in [0.15, 0.2) is 24.4 Å². The molecule has 1 amide bonds. The largest absolute Gasteiger partial charge is 0.416 e. The zero-order chi connectivity index (χ0) is 19.1. The number of amides is 1. The van der Waals surface area contributed by atoms with Crippen molar-refractivity contribution in [3.63, 3.8) is 0 Å². The van der Waals surface area contributed by atoms with Gasteiger partial charge in [-0.05, 0) is 44.4 Å². The fraction of sp³-hybridized carbons (Fsp3) is 0.353. The molecule has 1 fully saturated rings. The zero-order valence-electron chi connectivity index (χ0n) is 13.7. The second kappa shape index (κ2) is 6.32. The minimum atomic E-state index is -4.52. The van der Waals surface area contributed by atoms with Crippen LogP contribution in [0.3, 0.4) is 0 Å². The van der Waals surface area contributed by atoms with Gasteiger partial charge in [0.1, 0.15) is 17.3 Å². The summed E-state index contributed by atoms with van der Waals surface area (Å²) in [5.41, 5.74) is -0.908. The molecule has 0 spiro atoms. The Morgan fingerprint density at radius 2 is 2.12 bits per heavy atom. The highest BCUT2D eigenvalue weighted by Gasteiger charge is 2.48. The maximum Gasteiger partial charge on any atom is 0.416 e. The van der Waals surface area contributed by atoms with Crippen LogP contribution in [-0.2, 0) is 16.5 Å². The first-order chi connectivity index (χ1) is 12.2. The highest BCUT2D eigenvalue weighted by Crippen LogP contribution is 2.42. The molecule has 5 nitrogen and oxygen atoms in total. The van der Waals surface area contributed by atoms with Crippen molar-refractivity contribution >= 4 is 23.2 Å². The Balaban J connectivity index is 1.91. The molecule has 1 saturated carbocycles. The molecular weight excluding hydrogens is 369 g/mol. The topological polar surface area (TPSA) is 70.7 Å². The van der Waals surface area contributed by atoms with Crippen molar-refractivity contribution in [1.82, 2.24) is 9.78 Å². The summed E-state index contributed by atoms with van der Waals surface area (Å²) in [6.45, 7) is 1.72. The Morgan fingerprint density at radius 1 is 1.42 bits per heavy atom. The average Bonchev–Trinajstić information content (AvgIpc) is 2.88. The molecule has 1 heterocycles. The monoisotopic (exact) mass is 382 g/mol. The van der Waals surface area contributed by atoms with Gasteiger partial charge in [-0.15, -0.1) is 0 Å². The van der Waals surface area contributed by atoms with Gasteiger partial charge in [0.15, 0.2) is 0 Å². The SMILES string of the molecule is Cc1cnn(C2(C(=O)Nc3ccc(C(F)(F)F)cc3Cl)CCC2)c1C#N. The summed E-state index contributed by atoms with van der Waals surface area (Å²) < 4.78 is 39.6. The Kier molecular flexibility index (Phi) is 4.44. The van der Waals surface area contributed by atoms with E-state index in [4.69, 9.17) is 11.6 Å². The van der Waals surface area contributed by atoms with Gasteiger partial charge in [-0.25, -0.2) is 4.68 Å². The van der Waals surface area contributed by atoms with Gasteiger partial charge in [-0.2, -0.15) is 23.5 Å². The summed E-state index contributed by atoms with van der Waals surface area (Å²) in [5.74, 6) is -0.454. The van der Waals surface area contributed by atoms with E-state index in [0.717, 1.165) is 24.6 Å². The Hall–Kier alpha value is -2.53. The van der Waals surface area contributed by atoms with Crippen molar-refractivity contribution in [2.75, 3.05) is 5.32 Å². The number of halogens is 4. The van der Waals surface area contributed by atoms with E-state index in [1.165, 1.54) is 10.9 Å². The van der Waals surface area contributed by atoms with Crippen molar-refractivity contribution in [3.05, 3.63) is 46.2 Å². The van der Waals surface area contributed by atoms with Crippen molar-refractivity contribution in [3.8, 4) is 6.07 Å². The second-order valence-corrected chi connectivity index (χ2v) is 6.64. The number of nitrogens with zero attached hydrogens (tertiary/aromatic N) is 3. The van der Waals surface area contributed by atoms with E-state index in [1.807, 2.05) is 6.07 Å². The molecule has 2 aromatic rings. The number of nitrogens with one attached hydrogen (secondary N) is 1. The van der Waals surface area contributed by atoms with E-state index in [2.05, 4.69) is 10.4 Å². The first-order valence-corrected chi connectivity index (χ1v) is 8.20. The molecule has 0 bridgehead atoms. The van der Waals surface area contributed by atoms with E-state index >= 15 is 0 Å². The lowest BCUT2D eigenvalue weighted by Gasteiger charge is -2.40. The molecule has 136 valence electrons. The average molecular weight is 383 g/mol. The predicted octanol–water partition coefficient (Wildman–Crippen LogP) is 4.25. The van der Waals surface area contributed by atoms with E-state index in [9.17, 15) is 23.2 Å². The number of alkyl halides is 3. The van der Waals surface area contributed by atoms with Crippen molar-refractivity contribution in [2.45, 2.75) is 37.9 Å². The zero-order valence-corrected chi connectivity index (χ0v) is 14.4. The van der Waals surface area contributed by atoms with Gasteiger partial charge in [0, 0.05) is 5.56 Å². The molecule has 0 unspecified atom stereocenters. The van der Waals surface area contributed by atoms with E-state index in [-0.39, 0.29) is 10.7 Å². The number of rotatable bonds is 3. The molecule has 1 N–H and O–H groups in total. The molecule has 26 heavy (non-hydrogen) atoms. The number of hydrogen-bond donors (Lipinski definition) is 1. The molecule has 0 radical (unpaired) electrons. The van der Waals surface area contributed by atoms with E-state index in [1.54, 1.807) is 6.92 Å².